The third-order valence-electron chi connectivity index (χ3n) is 2.22. The standard InChI is InChI=1S/C10H10F4N2O2/c11-7-3-5(10(12,13)14)1-2-6(7)8(17)4-9(15)16-18/h1-3,8,17-18H,4H2,(H2,15,16). The molecule has 18 heavy (non-hydrogen) atoms. The van der Waals surface area contributed by atoms with Gasteiger partial charge in [0.25, 0.3) is 0 Å². The zero-order valence-corrected chi connectivity index (χ0v) is 8.92. The number of hydroxylamine groups is 1. The minimum Gasteiger partial charge on any atom is -0.388 e. The Balaban J connectivity index is 2.95. The zero-order chi connectivity index (χ0) is 13.9. The maximum absolute atomic E-state index is 13.4. The summed E-state index contributed by atoms with van der Waals surface area (Å²) in [4.78, 5) is 0. The molecule has 0 bridgehead atoms. The van der Waals surface area contributed by atoms with Crippen molar-refractivity contribution in [1.29, 1.82) is 5.41 Å². The molecule has 0 saturated heterocycles. The number of nitrogens with one attached hydrogen (secondary N) is 2. The average molecular weight is 266 g/mol. The first-order chi connectivity index (χ1) is 8.25. The first-order valence-corrected chi connectivity index (χ1v) is 4.78. The van der Waals surface area contributed by atoms with Gasteiger partial charge in [-0.05, 0) is 12.1 Å². The summed E-state index contributed by atoms with van der Waals surface area (Å²) in [6, 6.07) is 1.71. The molecular formula is C10H10F4N2O2. The van der Waals surface area contributed by atoms with Crippen LogP contribution in [-0.4, -0.2) is 16.1 Å². The van der Waals surface area contributed by atoms with E-state index in [1.165, 1.54) is 5.48 Å². The van der Waals surface area contributed by atoms with E-state index in [0.29, 0.717) is 6.07 Å². The summed E-state index contributed by atoms with van der Waals surface area (Å²) >= 11 is 0. The maximum Gasteiger partial charge on any atom is 0.416 e. The summed E-state index contributed by atoms with van der Waals surface area (Å²) in [5.74, 6) is -1.70. The third kappa shape index (κ3) is 3.41. The topological polar surface area (TPSA) is 76.3 Å². The largest absolute Gasteiger partial charge is 0.416 e. The number of hydrogen-bond acceptors (Lipinski definition) is 3. The van der Waals surface area contributed by atoms with Gasteiger partial charge in [-0.3, -0.25) is 16.1 Å². The van der Waals surface area contributed by atoms with Gasteiger partial charge in [-0.2, -0.15) is 13.2 Å². The predicted molar refractivity (Wildman–Crippen MR) is 53.6 cm³/mol. The predicted octanol–water partition coefficient (Wildman–Crippen LogP) is 2.22. The van der Waals surface area contributed by atoms with Crippen LogP contribution in [0.4, 0.5) is 17.6 Å². The van der Waals surface area contributed by atoms with Crippen molar-refractivity contribution in [2.45, 2.75) is 18.7 Å². The van der Waals surface area contributed by atoms with Crippen LogP contribution in [0.15, 0.2) is 18.2 Å². The highest BCUT2D eigenvalue weighted by atomic mass is 19.4. The molecule has 0 amide bonds. The van der Waals surface area contributed by atoms with Crippen LogP contribution in [0.1, 0.15) is 23.7 Å². The van der Waals surface area contributed by atoms with Crippen molar-refractivity contribution in [3.63, 3.8) is 0 Å². The van der Waals surface area contributed by atoms with Crippen molar-refractivity contribution in [3.05, 3.63) is 35.1 Å². The number of aliphatic hydroxyl groups excluding tert-OH is 1. The smallest absolute Gasteiger partial charge is 0.388 e. The van der Waals surface area contributed by atoms with Gasteiger partial charge in [0, 0.05) is 12.0 Å². The van der Waals surface area contributed by atoms with Gasteiger partial charge in [0.1, 0.15) is 11.7 Å². The second kappa shape index (κ2) is 5.32. The van der Waals surface area contributed by atoms with E-state index in [0.717, 1.165) is 6.07 Å². The minimum absolute atomic E-state index is 0.272. The summed E-state index contributed by atoms with van der Waals surface area (Å²) in [5, 5.41) is 24.8. The lowest BCUT2D eigenvalue weighted by molar-refractivity contribution is -0.137. The van der Waals surface area contributed by atoms with E-state index in [9.17, 15) is 22.7 Å². The second-order valence-corrected chi connectivity index (χ2v) is 3.54. The Hall–Kier alpha value is -1.67. The van der Waals surface area contributed by atoms with Gasteiger partial charge in [-0.1, -0.05) is 6.07 Å². The molecule has 0 fully saturated rings. The molecule has 0 aliphatic rings. The highest BCUT2D eigenvalue weighted by Crippen LogP contribution is 2.31. The number of hydrogen-bond donors (Lipinski definition) is 4. The monoisotopic (exact) mass is 266 g/mol. The van der Waals surface area contributed by atoms with E-state index in [-0.39, 0.29) is 11.6 Å². The maximum atomic E-state index is 13.4. The Bertz CT molecular complexity index is 448. The molecule has 1 rings (SSSR count). The number of alkyl halides is 3. The van der Waals surface area contributed by atoms with Gasteiger partial charge in [0.05, 0.1) is 11.7 Å². The van der Waals surface area contributed by atoms with Crippen LogP contribution in [0.25, 0.3) is 0 Å². The van der Waals surface area contributed by atoms with Crippen molar-refractivity contribution in [2.75, 3.05) is 0 Å². The Morgan fingerprint density at radius 2 is 2.00 bits per heavy atom. The Morgan fingerprint density at radius 3 is 2.44 bits per heavy atom. The van der Waals surface area contributed by atoms with Crippen LogP contribution in [0.5, 0.6) is 0 Å². The van der Waals surface area contributed by atoms with Crippen LogP contribution < -0.4 is 5.48 Å². The third-order valence-corrected chi connectivity index (χ3v) is 2.22. The molecule has 1 atom stereocenters. The molecular weight excluding hydrogens is 256 g/mol. The van der Waals surface area contributed by atoms with Gasteiger partial charge in [0.2, 0.25) is 0 Å². The summed E-state index contributed by atoms with van der Waals surface area (Å²) < 4.78 is 50.1. The number of amidine groups is 1. The SMILES string of the molecule is N=C(CC(O)c1ccc(C(F)(F)F)cc1F)NO. The van der Waals surface area contributed by atoms with Crippen molar-refractivity contribution in [2.24, 2.45) is 0 Å². The fourth-order valence-electron chi connectivity index (χ4n) is 1.32. The van der Waals surface area contributed by atoms with Gasteiger partial charge in [0.15, 0.2) is 0 Å². The molecule has 1 unspecified atom stereocenters. The van der Waals surface area contributed by atoms with E-state index in [1.807, 2.05) is 0 Å². The van der Waals surface area contributed by atoms with Crippen molar-refractivity contribution < 1.29 is 27.9 Å². The first-order valence-electron chi connectivity index (χ1n) is 4.78. The summed E-state index contributed by atoms with van der Waals surface area (Å²) in [5.41, 5.74) is -0.0915. The van der Waals surface area contributed by atoms with Crippen LogP contribution in [-0.2, 0) is 6.18 Å². The van der Waals surface area contributed by atoms with Gasteiger partial charge < -0.3 is 5.11 Å². The molecule has 8 heteroatoms. The fraction of sp³-hybridized carbons (Fsp3) is 0.300. The van der Waals surface area contributed by atoms with Crippen LogP contribution >= 0.6 is 0 Å². The summed E-state index contributed by atoms with van der Waals surface area (Å²) in [6.07, 6.45) is -6.62. The quantitative estimate of drug-likeness (QED) is 0.293. The average Bonchev–Trinajstić information content (AvgIpc) is 2.27. The molecule has 0 aliphatic carbocycles. The Labute approximate surface area is 99.3 Å². The lowest BCUT2D eigenvalue weighted by Crippen LogP contribution is -2.20. The molecule has 0 radical (unpaired) electrons. The van der Waals surface area contributed by atoms with E-state index in [4.69, 9.17) is 10.6 Å². The molecule has 0 aliphatic heterocycles. The molecule has 4 N–H and O–H groups in total. The van der Waals surface area contributed by atoms with E-state index < -0.39 is 35.9 Å². The number of aliphatic hydroxyl groups is 1. The minimum atomic E-state index is -4.66. The van der Waals surface area contributed by atoms with E-state index in [1.54, 1.807) is 0 Å². The van der Waals surface area contributed by atoms with Crippen molar-refractivity contribution in [1.82, 2.24) is 5.48 Å². The first kappa shape index (κ1) is 14.4. The van der Waals surface area contributed by atoms with Gasteiger partial charge in [-0.15, -0.1) is 0 Å². The number of rotatable bonds is 3. The van der Waals surface area contributed by atoms with Gasteiger partial charge >= 0.3 is 6.18 Å². The Morgan fingerprint density at radius 1 is 1.39 bits per heavy atom. The van der Waals surface area contributed by atoms with Crippen LogP contribution in [0.2, 0.25) is 0 Å². The van der Waals surface area contributed by atoms with E-state index in [2.05, 4.69) is 0 Å². The molecule has 100 valence electrons. The highest BCUT2D eigenvalue weighted by molar-refractivity contribution is 5.78. The molecule has 0 spiro atoms. The molecule has 1 aromatic rings. The summed E-state index contributed by atoms with van der Waals surface area (Å²) in [7, 11) is 0. The molecule has 0 aromatic heterocycles. The lowest BCUT2D eigenvalue weighted by Gasteiger charge is -2.14. The highest BCUT2D eigenvalue weighted by Gasteiger charge is 2.31. The van der Waals surface area contributed by atoms with Gasteiger partial charge in [-0.25, -0.2) is 4.39 Å². The van der Waals surface area contributed by atoms with Crippen LogP contribution in [0, 0.1) is 11.2 Å². The normalized spacial score (nSPS) is 13.2. The van der Waals surface area contributed by atoms with Crippen LogP contribution in [0.3, 0.4) is 0 Å². The zero-order valence-electron chi connectivity index (χ0n) is 8.92. The van der Waals surface area contributed by atoms with E-state index >= 15 is 0 Å². The fourth-order valence-corrected chi connectivity index (χ4v) is 1.32. The lowest BCUT2D eigenvalue weighted by atomic mass is 10.0. The van der Waals surface area contributed by atoms with Crippen molar-refractivity contribution >= 4 is 5.84 Å². The number of benzene rings is 1. The molecule has 0 heterocycles. The number of halogens is 4. The van der Waals surface area contributed by atoms with Crippen molar-refractivity contribution in [3.8, 4) is 0 Å². The molecule has 1 aromatic carbocycles. The molecule has 4 nitrogen and oxygen atoms in total. The summed E-state index contributed by atoms with van der Waals surface area (Å²) in [6.45, 7) is 0. The molecule has 0 saturated carbocycles. The Kier molecular flexibility index (Phi) is 4.25. The second-order valence-electron chi connectivity index (χ2n) is 3.54.